The quantitative estimate of drug-likeness (QED) is 0.592. The molecule has 1 fully saturated rings. The van der Waals surface area contributed by atoms with Gasteiger partial charge in [-0.15, -0.1) is 6.58 Å². The van der Waals surface area contributed by atoms with Crippen LogP contribution in [0.5, 0.6) is 0 Å². The number of hydrogen-bond donors (Lipinski definition) is 0. The SMILES string of the molecule is C=CC[C@@H]1N=C(OC)[C@@]2(CC[C@@](C)(COC)C2(C)C)OC1=O. The number of hydrogen-bond acceptors (Lipinski definition) is 5. The zero-order chi connectivity index (χ0) is 16.6. The minimum atomic E-state index is -0.816. The van der Waals surface area contributed by atoms with Gasteiger partial charge in [-0.3, -0.25) is 0 Å². The molecule has 0 bridgehead atoms. The van der Waals surface area contributed by atoms with Crippen LogP contribution in [0.4, 0.5) is 0 Å². The Bertz CT molecular complexity index is 499. The average Bonchev–Trinajstić information content (AvgIpc) is 2.64. The molecular formula is C17H27NO4. The van der Waals surface area contributed by atoms with Crippen LogP contribution in [0.2, 0.25) is 0 Å². The van der Waals surface area contributed by atoms with E-state index in [1.54, 1.807) is 20.3 Å². The van der Waals surface area contributed by atoms with Gasteiger partial charge in [-0.1, -0.05) is 26.8 Å². The van der Waals surface area contributed by atoms with E-state index in [-0.39, 0.29) is 16.8 Å². The molecule has 0 aromatic rings. The summed E-state index contributed by atoms with van der Waals surface area (Å²) in [7, 11) is 3.29. The summed E-state index contributed by atoms with van der Waals surface area (Å²) in [4.78, 5) is 16.9. The van der Waals surface area contributed by atoms with Crippen molar-refractivity contribution in [2.75, 3.05) is 20.8 Å². The van der Waals surface area contributed by atoms with Gasteiger partial charge >= 0.3 is 5.97 Å². The highest BCUT2D eigenvalue weighted by atomic mass is 16.6. The van der Waals surface area contributed by atoms with Crippen molar-refractivity contribution < 1.29 is 19.0 Å². The van der Waals surface area contributed by atoms with Gasteiger partial charge in [0.1, 0.15) is 0 Å². The van der Waals surface area contributed by atoms with Gasteiger partial charge in [0, 0.05) is 17.9 Å². The van der Waals surface area contributed by atoms with Gasteiger partial charge < -0.3 is 14.2 Å². The van der Waals surface area contributed by atoms with Crippen LogP contribution in [0, 0.1) is 10.8 Å². The Labute approximate surface area is 132 Å². The fourth-order valence-electron chi connectivity index (χ4n) is 3.79. The van der Waals surface area contributed by atoms with E-state index in [0.29, 0.717) is 25.3 Å². The van der Waals surface area contributed by atoms with Gasteiger partial charge in [0.15, 0.2) is 11.6 Å². The molecule has 2 rings (SSSR count). The highest BCUT2D eigenvalue weighted by Gasteiger charge is 2.67. The number of carbonyl (C=O) groups excluding carboxylic acids is 1. The van der Waals surface area contributed by atoms with Crippen LogP contribution in [0.15, 0.2) is 17.6 Å². The maximum Gasteiger partial charge on any atom is 0.332 e. The van der Waals surface area contributed by atoms with Crippen molar-refractivity contribution in [1.82, 2.24) is 0 Å². The molecule has 124 valence electrons. The highest BCUT2D eigenvalue weighted by molar-refractivity contribution is 5.95. The van der Waals surface area contributed by atoms with E-state index < -0.39 is 11.6 Å². The zero-order valence-electron chi connectivity index (χ0n) is 14.3. The number of ether oxygens (including phenoxy) is 3. The number of aliphatic imine (C=N–C) groups is 1. The van der Waals surface area contributed by atoms with Crippen LogP contribution in [-0.2, 0) is 19.0 Å². The lowest BCUT2D eigenvalue weighted by Crippen LogP contribution is -2.59. The molecule has 0 amide bonds. The van der Waals surface area contributed by atoms with Crippen LogP contribution < -0.4 is 0 Å². The molecule has 1 aliphatic carbocycles. The predicted octanol–water partition coefficient (Wildman–Crippen LogP) is 2.74. The van der Waals surface area contributed by atoms with Crippen LogP contribution in [-0.4, -0.2) is 44.3 Å². The highest BCUT2D eigenvalue weighted by Crippen LogP contribution is 2.61. The third-order valence-corrected chi connectivity index (χ3v) is 5.76. The van der Waals surface area contributed by atoms with Crippen molar-refractivity contribution in [3.63, 3.8) is 0 Å². The molecule has 5 nitrogen and oxygen atoms in total. The molecule has 0 radical (unpaired) electrons. The fourth-order valence-corrected chi connectivity index (χ4v) is 3.79. The van der Waals surface area contributed by atoms with E-state index >= 15 is 0 Å². The molecule has 2 aliphatic rings. The van der Waals surface area contributed by atoms with Crippen molar-refractivity contribution >= 4 is 11.9 Å². The average molecular weight is 309 g/mol. The second kappa shape index (κ2) is 5.69. The first-order valence-electron chi connectivity index (χ1n) is 7.73. The topological polar surface area (TPSA) is 57.1 Å². The van der Waals surface area contributed by atoms with Gasteiger partial charge in [-0.25, -0.2) is 9.79 Å². The molecule has 1 saturated carbocycles. The predicted molar refractivity (Wildman–Crippen MR) is 84.9 cm³/mol. The third-order valence-electron chi connectivity index (χ3n) is 5.76. The summed E-state index contributed by atoms with van der Waals surface area (Å²) >= 11 is 0. The standard InChI is InChI=1S/C17H27NO4/c1-7-8-12-13(19)22-17(14(18-12)21-6)10-9-16(4,11-20-5)15(17,2)3/h7,12H,1,8-11H2,2-6H3/t12-,16-,17+/m0/s1. The molecule has 22 heavy (non-hydrogen) atoms. The molecule has 1 aliphatic heterocycles. The van der Waals surface area contributed by atoms with Crippen LogP contribution >= 0.6 is 0 Å². The normalized spacial score (nSPS) is 36.9. The number of carbonyl (C=O) groups is 1. The Hall–Kier alpha value is -1.36. The van der Waals surface area contributed by atoms with E-state index in [9.17, 15) is 4.79 Å². The lowest BCUT2D eigenvalue weighted by molar-refractivity contribution is -0.172. The van der Waals surface area contributed by atoms with Crippen molar-refractivity contribution in [1.29, 1.82) is 0 Å². The minimum absolute atomic E-state index is 0.118. The lowest BCUT2D eigenvalue weighted by Gasteiger charge is -2.48. The van der Waals surface area contributed by atoms with Crippen molar-refractivity contribution in [2.45, 2.75) is 51.7 Å². The molecule has 0 N–H and O–H groups in total. The van der Waals surface area contributed by atoms with Gasteiger partial charge in [-0.2, -0.15) is 0 Å². The second-order valence-corrected chi connectivity index (χ2v) is 7.05. The maximum atomic E-state index is 12.4. The molecule has 3 atom stereocenters. The van der Waals surface area contributed by atoms with Gasteiger partial charge in [0.05, 0.1) is 13.7 Å². The third kappa shape index (κ3) is 2.18. The first kappa shape index (κ1) is 17.0. The van der Waals surface area contributed by atoms with Crippen molar-refractivity contribution in [2.24, 2.45) is 15.8 Å². The van der Waals surface area contributed by atoms with E-state index in [0.717, 1.165) is 6.42 Å². The van der Waals surface area contributed by atoms with Crippen LogP contribution in [0.1, 0.15) is 40.0 Å². The van der Waals surface area contributed by atoms with Gasteiger partial charge in [0.25, 0.3) is 0 Å². The summed E-state index contributed by atoms with van der Waals surface area (Å²) in [5, 5.41) is 0. The Morgan fingerprint density at radius 3 is 2.59 bits per heavy atom. The smallest absolute Gasteiger partial charge is 0.332 e. The number of nitrogens with zero attached hydrogens (tertiary/aromatic N) is 1. The van der Waals surface area contributed by atoms with E-state index in [4.69, 9.17) is 14.2 Å². The molecule has 0 saturated heterocycles. The molecular weight excluding hydrogens is 282 g/mol. The summed E-state index contributed by atoms with van der Waals surface area (Å²) in [6.45, 7) is 10.7. The summed E-state index contributed by atoms with van der Waals surface area (Å²) < 4.78 is 16.9. The van der Waals surface area contributed by atoms with Crippen molar-refractivity contribution in [3.8, 4) is 0 Å². The van der Waals surface area contributed by atoms with Crippen LogP contribution in [0.25, 0.3) is 0 Å². The van der Waals surface area contributed by atoms with E-state index in [2.05, 4.69) is 32.3 Å². The number of esters is 1. The zero-order valence-corrected chi connectivity index (χ0v) is 14.3. The summed E-state index contributed by atoms with van der Waals surface area (Å²) in [6.07, 6.45) is 3.71. The number of rotatable bonds is 4. The Kier molecular flexibility index (Phi) is 4.39. The maximum absolute atomic E-state index is 12.4. The lowest BCUT2D eigenvalue weighted by atomic mass is 9.63. The Balaban J connectivity index is 2.47. The summed E-state index contributed by atoms with van der Waals surface area (Å²) in [5.74, 6) is 0.221. The van der Waals surface area contributed by atoms with Crippen molar-refractivity contribution in [3.05, 3.63) is 12.7 Å². The summed E-state index contributed by atoms with van der Waals surface area (Å²) in [5.41, 5.74) is -1.28. The molecule has 0 aromatic carbocycles. The largest absolute Gasteiger partial charge is 0.481 e. The molecule has 5 heteroatoms. The minimum Gasteiger partial charge on any atom is -0.481 e. The van der Waals surface area contributed by atoms with E-state index in [1.807, 2.05) is 0 Å². The first-order valence-corrected chi connectivity index (χ1v) is 7.73. The van der Waals surface area contributed by atoms with Gasteiger partial charge in [-0.05, 0) is 19.3 Å². The molecule has 1 heterocycles. The first-order chi connectivity index (χ1) is 10.3. The van der Waals surface area contributed by atoms with Gasteiger partial charge in [0.2, 0.25) is 5.90 Å². The molecule has 0 aromatic heterocycles. The number of methoxy groups -OCH3 is 2. The van der Waals surface area contributed by atoms with Crippen LogP contribution in [0.3, 0.4) is 0 Å². The monoisotopic (exact) mass is 309 g/mol. The Morgan fingerprint density at radius 1 is 1.36 bits per heavy atom. The second-order valence-electron chi connectivity index (χ2n) is 7.05. The molecule has 1 spiro atoms. The fraction of sp³-hybridized carbons (Fsp3) is 0.765. The summed E-state index contributed by atoms with van der Waals surface area (Å²) in [6, 6.07) is -0.553. The molecule has 0 unspecified atom stereocenters. The van der Waals surface area contributed by atoms with E-state index in [1.165, 1.54) is 0 Å². The Morgan fingerprint density at radius 2 is 2.05 bits per heavy atom.